The van der Waals surface area contributed by atoms with Crippen molar-refractivity contribution in [1.82, 2.24) is 14.9 Å². The molecule has 0 bridgehead atoms. The van der Waals surface area contributed by atoms with Gasteiger partial charge in [0.25, 0.3) is 0 Å². The summed E-state index contributed by atoms with van der Waals surface area (Å²) < 4.78 is 7.08. The third-order valence-electron chi connectivity index (χ3n) is 4.22. The van der Waals surface area contributed by atoms with Crippen LogP contribution in [-0.4, -0.2) is 22.6 Å². The number of imidazole rings is 1. The van der Waals surface area contributed by atoms with Crippen LogP contribution in [0, 0.1) is 0 Å². The average molecular weight is 416 g/mol. The van der Waals surface area contributed by atoms with Gasteiger partial charge in [-0.05, 0) is 47.5 Å². The van der Waals surface area contributed by atoms with Gasteiger partial charge in [0.1, 0.15) is 17.6 Å². The molecule has 0 radical (unpaired) electrons. The molecule has 1 amide bonds. The molecule has 144 valence electrons. The molecule has 7 heteroatoms. The topological polar surface area (TPSA) is 56.1 Å². The maximum absolute atomic E-state index is 12.6. The lowest BCUT2D eigenvalue weighted by Crippen LogP contribution is -2.29. The summed E-state index contributed by atoms with van der Waals surface area (Å²) in [7, 11) is 3.49. The standard InChI is InChI=1S/C21H19Cl2N3O2/c1-26-12-11-24-21(26)20(14-3-7-17(28-2)8-4-14)25-19(27)10-5-15-13-16(22)6-9-18(15)23/h3-13,20H,1-2H3,(H,25,27)/b10-5+. The van der Waals surface area contributed by atoms with Crippen LogP contribution in [0.5, 0.6) is 5.75 Å². The molecule has 0 aliphatic heterocycles. The SMILES string of the molecule is COc1ccc(C(NC(=O)/C=C/c2cc(Cl)ccc2Cl)c2nccn2C)cc1. The second-order valence-corrected chi connectivity index (χ2v) is 6.95. The molecule has 1 N–H and O–H groups in total. The molecule has 1 atom stereocenters. The number of nitrogens with zero attached hydrogens (tertiary/aromatic N) is 2. The van der Waals surface area contributed by atoms with E-state index in [0.717, 1.165) is 11.3 Å². The summed E-state index contributed by atoms with van der Waals surface area (Å²) in [5.41, 5.74) is 1.56. The van der Waals surface area contributed by atoms with E-state index in [9.17, 15) is 4.79 Å². The molecule has 5 nitrogen and oxygen atoms in total. The molecule has 0 aliphatic carbocycles. The van der Waals surface area contributed by atoms with Crippen LogP contribution in [-0.2, 0) is 11.8 Å². The van der Waals surface area contributed by atoms with E-state index in [0.29, 0.717) is 21.4 Å². The zero-order valence-corrected chi connectivity index (χ0v) is 16.9. The average Bonchev–Trinajstić information content (AvgIpc) is 3.12. The number of hydrogen-bond acceptors (Lipinski definition) is 3. The highest BCUT2D eigenvalue weighted by molar-refractivity contribution is 6.34. The number of rotatable bonds is 6. The van der Waals surface area contributed by atoms with E-state index >= 15 is 0 Å². The number of nitrogens with one attached hydrogen (secondary N) is 1. The maximum Gasteiger partial charge on any atom is 0.244 e. The Morgan fingerprint density at radius 1 is 1.21 bits per heavy atom. The highest BCUT2D eigenvalue weighted by atomic mass is 35.5. The number of halogens is 2. The van der Waals surface area contributed by atoms with Crippen LogP contribution in [0.2, 0.25) is 10.0 Å². The van der Waals surface area contributed by atoms with Gasteiger partial charge in [-0.25, -0.2) is 4.98 Å². The lowest BCUT2D eigenvalue weighted by Gasteiger charge is -2.18. The van der Waals surface area contributed by atoms with Crippen molar-refractivity contribution in [3.05, 3.63) is 87.9 Å². The number of carbonyl (C=O) groups excluding carboxylic acids is 1. The van der Waals surface area contributed by atoms with Crippen LogP contribution in [0.1, 0.15) is 23.0 Å². The number of aryl methyl sites for hydroxylation is 1. The van der Waals surface area contributed by atoms with Gasteiger partial charge in [0.15, 0.2) is 0 Å². The van der Waals surface area contributed by atoms with Gasteiger partial charge in [-0.1, -0.05) is 35.3 Å². The molecule has 1 heterocycles. The minimum absolute atomic E-state index is 0.278. The summed E-state index contributed by atoms with van der Waals surface area (Å²) in [6.07, 6.45) is 6.59. The van der Waals surface area contributed by atoms with Crippen molar-refractivity contribution >= 4 is 35.2 Å². The predicted octanol–water partition coefficient (Wildman–Crippen LogP) is 4.65. The van der Waals surface area contributed by atoms with Gasteiger partial charge in [-0.15, -0.1) is 0 Å². The Morgan fingerprint density at radius 2 is 1.96 bits per heavy atom. The van der Waals surface area contributed by atoms with Crippen LogP contribution < -0.4 is 10.1 Å². The number of ether oxygens (including phenoxy) is 1. The first kappa shape index (κ1) is 20.0. The fourth-order valence-corrected chi connectivity index (χ4v) is 3.11. The molecule has 0 aliphatic rings. The van der Waals surface area contributed by atoms with Crippen LogP contribution in [0.4, 0.5) is 0 Å². The number of hydrogen-bond donors (Lipinski definition) is 1. The van der Waals surface area contributed by atoms with Gasteiger partial charge in [0.2, 0.25) is 5.91 Å². The van der Waals surface area contributed by atoms with Crippen LogP contribution >= 0.6 is 23.2 Å². The summed E-state index contributed by atoms with van der Waals surface area (Å²) in [6.45, 7) is 0. The van der Waals surface area contributed by atoms with Crippen molar-refractivity contribution in [2.24, 2.45) is 7.05 Å². The molecule has 3 aromatic rings. The van der Waals surface area contributed by atoms with E-state index in [-0.39, 0.29) is 5.91 Å². The van der Waals surface area contributed by atoms with Gasteiger partial charge in [0, 0.05) is 35.6 Å². The molecule has 1 aromatic heterocycles. The van der Waals surface area contributed by atoms with Crippen molar-refractivity contribution in [1.29, 1.82) is 0 Å². The smallest absolute Gasteiger partial charge is 0.244 e. The largest absolute Gasteiger partial charge is 0.497 e. The number of aromatic nitrogens is 2. The third kappa shape index (κ3) is 4.74. The minimum atomic E-state index is -0.419. The van der Waals surface area contributed by atoms with Gasteiger partial charge < -0.3 is 14.6 Å². The van der Waals surface area contributed by atoms with E-state index < -0.39 is 6.04 Å². The summed E-state index contributed by atoms with van der Waals surface area (Å²) >= 11 is 12.1. The third-order valence-corrected chi connectivity index (χ3v) is 4.80. The second-order valence-electron chi connectivity index (χ2n) is 6.11. The fraction of sp³-hybridized carbons (Fsp3) is 0.143. The predicted molar refractivity (Wildman–Crippen MR) is 112 cm³/mol. The molecule has 0 fully saturated rings. The lowest BCUT2D eigenvalue weighted by molar-refractivity contribution is -0.117. The summed E-state index contributed by atoms with van der Waals surface area (Å²) in [5.74, 6) is 1.18. The Hall–Kier alpha value is -2.76. The quantitative estimate of drug-likeness (QED) is 0.595. The summed E-state index contributed by atoms with van der Waals surface area (Å²) in [6, 6.07) is 12.2. The molecular formula is C21H19Cl2N3O2. The fourth-order valence-electron chi connectivity index (χ4n) is 2.75. The maximum atomic E-state index is 12.6. The van der Waals surface area contributed by atoms with Crippen LogP contribution in [0.25, 0.3) is 6.08 Å². The second kappa shape index (κ2) is 8.95. The van der Waals surface area contributed by atoms with Gasteiger partial charge in [-0.2, -0.15) is 0 Å². The van der Waals surface area contributed by atoms with Crippen LogP contribution in [0.15, 0.2) is 60.9 Å². The number of benzene rings is 2. The van der Waals surface area contributed by atoms with E-state index in [1.54, 1.807) is 37.6 Å². The highest BCUT2D eigenvalue weighted by Crippen LogP contribution is 2.24. The molecule has 3 rings (SSSR count). The Kier molecular flexibility index (Phi) is 6.39. The zero-order valence-electron chi connectivity index (χ0n) is 15.4. The van der Waals surface area contributed by atoms with Crippen molar-refractivity contribution in [3.8, 4) is 5.75 Å². The first-order valence-electron chi connectivity index (χ1n) is 8.52. The molecule has 0 spiro atoms. The zero-order chi connectivity index (χ0) is 20.1. The Balaban J connectivity index is 1.84. The summed E-state index contributed by atoms with van der Waals surface area (Å²) in [4.78, 5) is 17.0. The van der Waals surface area contributed by atoms with Gasteiger partial charge >= 0.3 is 0 Å². The molecule has 2 aromatic carbocycles. The van der Waals surface area contributed by atoms with E-state index in [1.807, 2.05) is 42.1 Å². The van der Waals surface area contributed by atoms with Crippen molar-refractivity contribution in [2.45, 2.75) is 6.04 Å². The molecule has 0 saturated carbocycles. The Bertz CT molecular complexity index is 997. The number of amides is 1. The number of carbonyl (C=O) groups is 1. The van der Waals surface area contributed by atoms with Gasteiger partial charge in [-0.3, -0.25) is 4.79 Å². The Labute approximate surface area is 173 Å². The molecule has 1 unspecified atom stereocenters. The first-order valence-corrected chi connectivity index (χ1v) is 9.28. The van der Waals surface area contributed by atoms with Gasteiger partial charge in [0.05, 0.1) is 7.11 Å². The number of methoxy groups -OCH3 is 1. The Morgan fingerprint density at radius 3 is 2.61 bits per heavy atom. The highest BCUT2D eigenvalue weighted by Gasteiger charge is 2.20. The van der Waals surface area contributed by atoms with Crippen molar-refractivity contribution < 1.29 is 9.53 Å². The summed E-state index contributed by atoms with van der Waals surface area (Å²) in [5, 5.41) is 4.06. The monoisotopic (exact) mass is 415 g/mol. The van der Waals surface area contributed by atoms with Crippen LogP contribution in [0.3, 0.4) is 0 Å². The van der Waals surface area contributed by atoms with E-state index in [4.69, 9.17) is 27.9 Å². The molecule has 28 heavy (non-hydrogen) atoms. The van der Waals surface area contributed by atoms with E-state index in [2.05, 4.69) is 10.3 Å². The molecule has 0 saturated heterocycles. The normalized spacial score (nSPS) is 12.1. The van der Waals surface area contributed by atoms with Crippen molar-refractivity contribution in [2.75, 3.05) is 7.11 Å². The lowest BCUT2D eigenvalue weighted by atomic mass is 10.1. The van der Waals surface area contributed by atoms with Crippen molar-refractivity contribution in [3.63, 3.8) is 0 Å². The van der Waals surface area contributed by atoms with E-state index in [1.165, 1.54) is 6.08 Å². The minimum Gasteiger partial charge on any atom is -0.497 e. The molecular weight excluding hydrogens is 397 g/mol. The first-order chi connectivity index (χ1) is 13.5.